The van der Waals surface area contributed by atoms with Crippen LogP contribution in [0.5, 0.6) is 0 Å². The van der Waals surface area contributed by atoms with E-state index in [4.69, 9.17) is 9.47 Å². The fourth-order valence-electron chi connectivity index (χ4n) is 7.94. The maximum atomic E-state index is 6.50. The lowest BCUT2D eigenvalue weighted by atomic mass is 9.84. The fraction of sp³-hybridized carbons (Fsp3) is 0.200. The first-order valence-electron chi connectivity index (χ1n) is 15.2. The Hall–Kier alpha value is -3.89. The minimum Gasteiger partial charge on any atom is -0.369 e. The topological polar surface area (TPSA) is 18.5 Å². The second kappa shape index (κ2) is 10.4. The summed E-state index contributed by atoms with van der Waals surface area (Å²) in [5, 5.41) is 5.04. The van der Waals surface area contributed by atoms with Crippen molar-refractivity contribution in [2.45, 2.75) is 46.7 Å². The van der Waals surface area contributed by atoms with E-state index in [1.165, 1.54) is 64.7 Å². The Morgan fingerprint density at radius 1 is 0.465 bits per heavy atom. The van der Waals surface area contributed by atoms with Crippen LogP contribution >= 0.6 is 11.8 Å². The molecule has 0 heterocycles. The summed E-state index contributed by atoms with van der Waals surface area (Å²) < 4.78 is 13.0. The van der Waals surface area contributed by atoms with Crippen LogP contribution < -0.4 is 0 Å². The van der Waals surface area contributed by atoms with Gasteiger partial charge in [0.2, 0.25) is 0 Å². The quantitative estimate of drug-likeness (QED) is 0.196. The number of hydrogen-bond acceptors (Lipinski definition) is 3. The minimum absolute atomic E-state index is 0.453. The van der Waals surface area contributed by atoms with Gasteiger partial charge in [0.25, 0.3) is 0 Å². The Bertz CT molecular complexity index is 1860. The average Bonchev–Trinajstić information content (AvgIpc) is 3.65. The number of benzene rings is 6. The van der Waals surface area contributed by atoms with Crippen LogP contribution in [0, 0.1) is 0 Å². The maximum absolute atomic E-state index is 6.50. The third kappa shape index (κ3) is 3.95. The van der Waals surface area contributed by atoms with Gasteiger partial charge in [-0.25, -0.2) is 0 Å². The van der Waals surface area contributed by atoms with Gasteiger partial charge in [-0.2, -0.15) is 0 Å². The monoisotopic (exact) mass is 578 g/mol. The Morgan fingerprint density at radius 2 is 0.860 bits per heavy atom. The predicted molar refractivity (Wildman–Crippen MR) is 177 cm³/mol. The Morgan fingerprint density at radius 3 is 1.33 bits per heavy atom. The van der Waals surface area contributed by atoms with Crippen LogP contribution in [0.15, 0.2) is 131 Å². The van der Waals surface area contributed by atoms with Crippen LogP contribution in [0.25, 0.3) is 21.5 Å². The lowest BCUT2D eigenvalue weighted by Crippen LogP contribution is -2.27. The molecule has 6 aromatic carbocycles. The van der Waals surface area contributed by atoms with Gasteiger partial charge >= 0.3 is 0 Å². The van der Waals surface area contributed by atoms with Crippen molar-refractivity contribution in [2.75, 3.05) is 14.2 Å². The normalized spacial score (nSPS) is 20.9. The van der Waals surface area contributed by atoms with E-state index in [1.54, 1.807) is 0 Å². The van der Waals surface area contributed by atoms with Crippen LogP contribution in [-0.4, -0.2) is 14.2 Å². The molecule has 212 valence electrons. The highest BCUT2D eigenvalue weighted by atomic mass is 32.2. The molecule has 8 rings (SSSR count). The van der Waals surface area contributed by atoms with E-state index in [-0.39, 0.29) is 0 Å². The maximum Gasteiger partial charge on any atom is 0.119 e. The van der Waals surface area contributed by atoms with E-state index in [0.29, 0.717) is 0 Å². The molecule has 0 N–H and O–H groups in total. The summed E-state index contributed by atoms with van der Waals surface area (Å²) in [4.78, 5) is 2.65. The molecule has 0 amide bonds. The highest BCUT2D eigenvalue weighted by molar-refractivity contribution is 7.99. The van der Waals surface area contributed by atoms with Crippen LogP contribution in [0.1, 0.15) is 46.2 Å². The van der Waals surface area contributed by atoms with Crippen LogP contribution in [0.3, 0.4) is 0 Å². The summed E-state index contributed by atoms with van der Waals surface area (Å²) in [6.45, 7) is 0. The smallest absolute Gasteiger partial charge is 0.119 e. The second-order valence-electron chi connectivity index (χ2n) is 11.8. The van der Waals surface area contributed by atoms with Gasteiger partial charge in [-0.05, 0) is 92.7 Å². The molecular formula is C40H34O2S. The highest BCUT2D eigenvalue weighted by Crippen LogP contribution is 2.53. The van der Waals surface area contributed by atoms with Gasteiger partial charge in [0.05, 0.1) is 0 Å². The van der Waals surface area contributed by atoms with Crippen molar-refractivity contribution in [2.24, 2.45) is 0 Å². The molecule has 0 aliphatic heterocycles. The third-order valence-corrected chi connectivity index (χ3v) is 11.2. The van der Waals surface area contributed by atoms with Crippen molar-refractivity contribution in [3.63, 3.8) is 0 Å². The molecule has 2 aliphatic rings. The summed E-state index contributed by atoms with van der Waals surface area (Å²) in [5.41, 5.74) is 7.02. The van der Waals surface area contributed by atoms with Gasteiger partial charge in [-0.3, -0.25) is 0 Å². The molecule has 6 aromatic rings. The molecule has 43 heavy (non-hydrogen) atoms. The van der Waals surface area contributed by atoms with Crippen molar-refractivity contribution in [3.8, 4) is 0 Å². The van der Waals surface area contributed by atoms with Gasteiger partial charge < -0.3 is 9.47 Å². The molecule has 2 atom stereocenters. The zero-order valence-electron chi connectivity index (χ0n) is 24.6. The fourth-order valence-corrected chi connectivity index (χ4v) is 9.14. The van der Waals surface area contributed by atoms with Crippen LogP contribution in [-0.2, 0) is 33.5 Å². The van der Waals surface area contributed by atoms with E-state index in [2.05, 4.69) is 121 Å². The molecule has 0 spiro atoms. The zero-order chi connectivity index (χ0) is 29.0. The number of methoxy groups -OCH3 is 2. The van der Waals surface area contributed by atoms with Crippen molar-refractivity contribution in [3.05, 3.63) is 155 Å². The Kier molecular flexibility index (Phi) is 6.45. The second-order valence-corrected chi connectivity index (χ2v) is 12.9. The number of ether oxygens (including phenoxy) is 2. The summed E-state index contributed by atoms with van der Waals surface area (Å²) >= 11 is 1.91. The SMILES string of the molecule is COC1(c2cccc3ccccc23)CCc2c(Sc3cccc4c3CCC4(OC)c3cccc4ccccc34)cccc21. The predicted octanol–water partition coefficient (Wildman–Crippen LogP) is 9.82. The van der Waals surface area contributed by atoms with Crippen molar-refractivity contribution >= 4 is 33.3 Å². The van der Waals surface area contributed by atoms with E-state index in [9.17, 15) is 0 Å². The molecule has 2 unspecified atom stereocenters. The summed E-state index contributed by atoms with van der Waals surface area (Å²) in [5.74, 6) is 0. The van der Waals surface area contributed by atoms with E-state index < -0.39 is 11.2 Å². The molecule has 0 radical (unpaired) electrons. The Labute approximate surface area is 257 Å². The lowest BCUT2D eigenvalue weighted by Gasteiger charge is -2.31. The molecule has 0 aromatic heterocycles. The van der Waals surface area contributed by atoms with E-state index in [1.807, 2.05) is 26.0 Å². The Balaban J connectivity index is 1.21. The summed E-state index contributed by atoms with van der Waals surface area (Å²) in [7, 11) is 3.75. The summed E-state index contributed by atoms with van der Waals surface area (Å²) in [6, 6.07) is 44.1. The molecule has 3 heteroatoms. The van der Waals surface area contributed by atoms with E-state index >= 15 is 0 Å². The van der Waals surface area contributed by atoms with Crippen molar-refractivity contribution < 1.29 is 9.47 Å². The van der Waals surface area contributed by atoms with Gasteiger partial charge in [-0.15, -0.1) is 0 Å². The van der Waals surface area contributed by atoms with Gasteiger partial charge in [0, 0.05) is 24.0 Å². The van der Waals surface area contributed by atoms with Crippen LogP contribution in [0.2, 0.25) is 0 Å². The van der Waals surface area contributed by atoms with Crippen molar-refractivity contribution in [1.82, 2.24) is 0 Å². The number of fused-ring (bicyclic) bond motifs is 4. The zero-order valence-corrected chi connectivity index (χ0v) is 25.4. The minimum atomic E-state index is -0.453. The number of rotatable bonds is 6. The van der Waals surface area contributed by atoms with Crippen LogP contribution in [0.4, 0.5) is 0 Å². The summed E-state index contributed by atoms with van der Waals surface area (Å²) in [6.07, 6.45) is 3.85. The van der Waals surface area contributed by atoms with Gasteiger partial charge in [0.1, 0.15) is 11.2 Å². The molecule has 0 bridgehead atoms. The third-order valence-electron chi connectivity index (χ3n) is 9.96. The van der Waals surface area contributed by atoms with Gasteiger partial charge in [-0.1, -0.05) is 121 Å². The molecule has 2 nitrogen and oxygen atoms in total. The average molecular weight is 579 g/mol. The van der Waals surface area contributed by atoms with E-state index in [0.717, 1.165) is 25.7 Å². The molecule has 0 saturated carbocycles. The van der Waals surface area contributed by atoms with Crippen molar-refractivity contribution in [1.29, 1.82) is 0 Å². The lowest BCUT2D eigenvalue weighted by molar-refractivity contribution is 0.0249. The first-order chi connectivity index (χ1) is 21.2. The molecular weight excluding hydrogens is 545 g/mol. The first kappa shape index (κ1) is 26.7. The molecule has 0 saturated heterocycles. The largest absolute Gasteiger partial charge is 0.369 e. The highest BCUT2D eigenvalue weighted by Gasteiger charge is 2.44. The number of hydrogen-bond donors (Lipinski definition) is 0. The first-order valence-corrected chi connectivity index (χ1v) is 16.0. The molecule has 2 aliphatic carbocycles. The van der Waals surface area contributed by atoms with Gasteiger partial charge in [0.15, 0.2) is 0 Å². The standard InChI is InChI=1S/C40H34O2S/c1-41-39(33-17-7-13-27-11-3-5-15-29(27)33)25-23-31-35(39)19-9-21-37(31)43-38-22-10-20-36-32(38)24-26-40(36,42-2)34-18-8-14-28-12-4-6-16-30(28)34/h3-22H,23-26H2,1-2H3. The molecule has 0 fully saturated rings.